The third-order valence-corrected chi connectivity index (χ3v) is 3.78. The number of amides is 1. The molecule has 0 spiro atoms. The van der Waals surface area contributed by atoms with E-state index in [0.29, 0.717) is 28.2 Å². The van der Waals surface area contributed by atoms with Gasteiger partial charge in [0, 0.05) is 17.4 Å². The van der Waals surface area contributed by atoms with Crippen molar-refractivity contribution in [3.8, 4) is 11.4 Å². The average Bonchev–Trinajstić information content (AvgIpc) is 3.04. The SMILES string of the molecule is Cc1nn(-c2ccc(C=O)cc2)cc1C(=O)Nc1ccc(OC(F)(F)F)cc1. The molecule has 0 fully saturated rings. The molecular weight excluding hydrogens is 375 g/mol. The summed E-state index contributed by atoms with van der Waals surface area (Å²) in [7, 11) is 0. The summed E-state index contributed by atoms with van der Waals surface area (Å²) in [4.78, 5) is 23.2. The fourth-order valence-electron chi connectivity index (χ4n) is 2.46. The van der Waals surface area contributed by atoms with Gasteiger partial charge in [-0.05, 0) is 55.5 Å². The van der Waals surface area contributed by atoms with E-state index in [2.05, 4.69) is 15.2 Å². The number of anilines is 1. The van der Waals surface area contributed by atoms with Crippen LogP contribution >= 0.6 is 0 Å². The Morgan fingerprint density at radius 3 is 2.32 bits per heavy atom. The Balaban J connectivity index is 1.74. The highest BCUT2D eigenvalue weighted by molar-refractivity contribution is 6.04. The number of hydrogen-bond donors (Lipinski definition) is 1. The molecule has 144 valence electrons. The van der Waals surface area contributed by atoms with Gasteiger partial charge in [0.2, 0.25) is 0 Å². The highest BCUT2D eigenvalue weighted by Gasteiger charge is 2.31. The average molecular weight is 389 g/mol. The molecule has 1 amide bonds. The van der Waals surface area contributed by atoms with Crippen molar-refractivity contribution in [1.82, 2.24) is 9.78 Å². The summed E-state index contributed by atoms with van der Waals surface area (Å²) in [5.74, 6) is -0.842. The van der Waals surface area contributed by atoms with E-state index >= 15 is 0 Å². The van der Waals surface area contributed by atoms with Gasteiger partial charge in [-0.2, -0.15) is 5.10 Å². The van der Waals surface area contributed by atoms with E-state index in [-0.39, 0.29) is 5.75 Å². The maximum absolute atomic E-state index is 12.5. The Kier molecular flexibility index (Phi) is 5.16. The number of aromatic nitrogens is 2. The summed E-state index contributed by atoms with van der Waals surface area (Å²) in [6, 6.07) is 11.5. The molecule has 3 rings (SSSR count). The molecule has 1 heterocycles. The predicted octanol–water partition coefficient (Wildman–Crippen LogP) is 4.14. The standard InChI is InChI=1S/C19H14F3N3O3/c1-12-17(10-25(24-12)15-6-2-13(11-26)3-7-15)18(27)23-14-4-8-16(9-5-14)28-19(20,21)22/h2-11H,1H3,(H,23,27). The second-order valence-electron chi connectivity index (χ2n) is 5.81. The van der Waals surface area contributed by atoms with Crippen molar-refractivity contribution in [3.63, 3.8) is 0 Å². The minimum atomic E-state index is -4.78. The number of carbonyl (C=O) groups excluding carboxylic acids is 2. The van der Waals surface area contributed by atoms with Crippen LogP contribution in [0.25, 0.3) is 5.69 Å². The molecule has 0 saturated carbocycles. The number of carbonyl (C=O) groups is 2. The second-order valence-corrected chi connectivity index (χ2v) is 5.81. The molecular formula is C19H14F3N3O3. The van der Waals surface area contributed by atoms with Crippen LogP contribution in [0.5, 0.6) is 5.75 Å². The molecule has 0 aliphatic carbocycles. The lowest BCUT2D eigenvalue weighted by Gasteiger charge is -2.09. The molecule has 6 nitrogen and oxygen atoms in total. The number of nitrogens with zero attached hydrogens (tertiary/aromatic N) is 2. The van der Waals surface area contributed by atoms with Crippen LogP contribution in [0.1, 0.15) is 26.4 Å². The quantitative estimate of drug-likeness (QED) is 0.666. The van der Waals surface area contributed by atoms with E-state index in [1.807, 2.05) is 0 Å². The number of ether oxygens (including phenoxy) is 1. The highest BCUT2D eigenvalue weighted by Crippen LogP contribution is 2.24. The van der Waals surface area contributed by atoms with Gasteiger partial charge in [0.05, 0.1) is 16.9 Å². The molecule has 1 N–H and O–H groups in total. The number of aldehydes is 1. The third kappa shape index (κ3) is 4.56. The van der Waals surface area contributed by atoms with Crippen LogP contribution in [0.3, 0.4) is 0 Å². The lowest BCUT2D eigenvalue weighted by molar-refractivity contribution is -0.274. The summed E-state index contributed by atoms with van der Waals surface area (Å²) in [5, 5.41) is 6.87. The van der Waals surface area contributed by atoms with Crippen molar-refractivity contribution < 1.29 is 27.5 Å². The summed E-state index contributed by atoms with van der Waals surface area (Å²) in [6.45, 7) is 1.66. The summed E-state index contributed by atoms with van der Waals surface area (Å²) >= 11 is 0. The first-order valence-electron chi connectivity index (χ1n) is 8.04. The first-order chi connectivity index (χ1) is 13.2. The normalized spacial score (nSPS) is 11.1. The highest BCUT2D eigenvalue weighted by atomic mass is 19.4. The second kappa shape index (κ2) is 7.55. The van der Waals surface area contributed by atoms with E-state index in [0.717, 1.165) is 18.4 Å². The largest absolute Gasteiger partial charge is 0.573 e. The first kappa shape index (κ1) is 19.2. The lowest BCUT2D eigenvalue weighted by atomic mass is 10.2. The lowest BCUT2D eigenvalue weighted by Crippen LogP contribution is -2.17. The van der Waals surface area contributed by atoms with Gasteiger partial charge >= 0.3 is 6.36 Å². The van der Waals surface area contributed by atoms with Crippen molar-refractivity contribution >= 4 is 17.9 Å². The molecule has 1 aromatic heterocycles. The van der Waals surface area contributed by atoms with Crippen LogP contribution in [0, 0.1) is 6.92 Å². The Morgan fingerprint density at radius 1 is 1.11 bits per heavy atom. The molecule has 0 unspecified atom stereocenters. The number of rotatable bonds is 5. The van der Waals surface area contributed by atoms with Crippen LogP contribution in [0.15, 0.2) is 54.7 Å². The Bertz CT molecular complexity index is 994. The van der Waals surface area contributed by atoms with Crippen molar-refractivity contribution in [2.75, 3.05) is 5.32 Å². The zero-order valence-electron chi connectivity index (χ0n) is 14.5. The zero-order valence-corrected chi connectivity index (χ0v) is 14.5. The van der Waals surface area contributed by atoms with Gasteiger partial charge in [-0.1, -0.05) is 0 Å². The maximum Gasteiger partial charge on any atom is 0.573 e. The van der Waals surface area contributed by atoms with Crippen molar-refractivity contribution in [2.45, 2.75) is 13.3 Å². The van der Waals surface area contributed by atoms with E-state index in [4.69, 9.17) is 0 Å². The van der Waals surface area contributed by atoms with Gasteiger partial charge in [-0.3, -0.25) is 9.59 Å². The third-order valence-electron chi connectivity index (χ3n) is 3.78. The fraction of sp³-hybridized carbons (Fsp3) is 0.105. The number of nitrogens with one attached hydrogen (secondary N) is 1. The molecule has 0 atom stereocenters. The summed E-state index contributed by atoms with van der Waals surface area (Å²) < 4.78 is 41.8. The molecule has 0 aliphatic heterocycles. The van der Waals surface area contributed by atoms with Gasteiger partial charge in [0.25, 0.3) is 5.91 Å². The van der Waals surface area contributed by atoms with Crippen LogP contribution < -0.4 is 10.1 Å². The van der Waals surface area contributed by atoms with Gasteiger partial charge < -0.3 is 10.1 Å². The Labute approximate surface area is 157 Å². The van der Waals surface area contributed by atoms with Gasteiger partial charge in [-0.25, -0.2) is 4.68 Å². The van der Waals surface area contributed by atoms with E-state index < -0.39 is 12.3 Å². The monoisotopic (exact) mass is 389 g/mol. The van der Waals surface area contributed by atoms with Gasteiger partial charge in [-0.15, -0.1) is 13.2 Å². The molecule has 28 heavy (non-hydrogen) atoms. The summed E-state index contributed by atoms with van der Waals surface area (Å²) in [6.07, 6.45) is -2.52. The topological polar surface area (TPSA) is 73.2 Å². The van der Waals surface area contributed by atoms with E-state index in [9.17, 15) is 22.8 Å². The molecule has 9 heteroatoms. The molecule has 0 aliphatic rings. The maximum atomic E-state index is 12.5. The van der Waals surface area contributed by atoms with Crippen molar-refractivity contribution in [2.24, 2.45) is 0 Å². The van der Waals surface area contributed by atoms with Gasteiger partial charge in [0.1, 0.15) is 12.0 Å². The zero-order chi connectivity index (χ0) is 20.3. The minimum Gasteiger partial charge on any atom is -0.406 e. The van der Waals surface area contributed by atoms with E-state index in [1.54, 1.807) is 31.2 Å². The van der Waals surface area contributed by atoms with Crippen LogP contribution in [-0.2, 0) is 0 Å². The van der Waals surface area contributed by atoms with Gasteiger partial charge in [0.15, 0.2) is 0 Å². The van der Waals surface area contributed by atoms with Crippen molar-refractivity contribution in [3.05, 3.63) is 71.5 Å². The number of alkyl halides is 3. The summed E-state index contributed by atoms with van der Waals surface area (Å²) in [5.41, 5.74) is 2.26. The smallest absolute Gasteiger partial charge is 0.406 e. The molecule has 0 radical (unpaired) electrons. The van der Waals surface area contributed by atoms with Crippen LogP contribution in [0.4, 0.5) is 18.9 Å². The number of hydrogen-bond acceptors (Lipinski definition) is 4. The predicted molar refractivity (Wildman–Crippen MR) is 94.8 cm³/mol. The molecule has 0 saturated heterocycles. The number of halogens is 3. The Morgan fingerprint density at radius 2 is 1.75 bits per heavy atom. The molecule has 3 aromatic rings. The van der Waals surface area contributed by atoms with Crippen LogP contribution in [0.2, 0.25) is 0 Å². The number of aryl methyl sites for hydroxylation is 1. The first-order valence-corrected chi connectivity index (χ1v) is 8.04. The molecule has 0 bridgehead atoms. The Hall–Kier alpha value is -3.62. The van der Waals surface area contributed by atoms with Crippen molar-refractivity contribution in [1.29, 1.82) is 0 Å². The molecule has 2 aromatic carbocycles. The van der Waals surface area contributed by atoms with Crippen LogP contribution in [-0.4, -0.2) is 28.3 Å². The number of benzene rings is 2. The minimum absolute atomic E-state index is 0.301. The fourth-order valence-corrected chi connectivity index (χ4v) is 2.46. The van der Waals surface area contributed by atoms with E-state index in [1.165, 1.54) is 23.0 Å².